The predicted molar refractivity (Wildman–Crippen MR) is 73.3 cm³/mol. The molecule has 0 saturated carbocycles. The molecule has 1 amide bonds. The third-order valence-corrected chi connectivity index (χ3v) is 2.68. The quantitative estimate of drug-likeness (QED) is 0.646. The lowest BCUT2D eigenvalue weighted by atomic mass is 10.2. The Labute approximate surface area is 116 Å². The second-order valence-corrected chi connectivity index (χ2v) is 4.31. The van der Waals surface area contributed by atoms with Crippen molar-refractivity contribution in [2.75, 3.05) is 13.2 Å². The van der Waals surface area contributed by atoms with Crippen molar-refractivity contribution in [2.45, 2.75) is 13.3 Å². The van der Waals surface area contributed by atoms with Gasteiger partial charge in [-0.15, -0.1) is 0 Å². The first-order valence-electron chi connectivity index (χ1n) is 5.51. The topological polar surface area (TPSA) is 50.7 Å². The number of rotatable bonds is 6. The fourth-order valence-corrected chi connectivity index (χ4v) is 1.63. The number of carbonyl (C=O) groups excluding carboxylic acids is 1. The number of benzene rings is 1. The van der Waals surface area contributed by atoms with Gasteiger partial charge >= 0.3 is 0 Å². The molecule has 0 spiro atoms. The smallest absolute Gasteiger partial charge is 0.260 e. The van der Waals surface area contributed by atoms with Crippen molar-refractivity contribution >= 4 is 35.3 Å². The van der Waals surface area contributed by atoms with Crippen LogP contribution in [0.5, 0.6) is 0 Å². The van der Waals surface area contributed by atoms with Crippen molar-refractivity contribution in [2.24, 2.45) is 5.16 Å². The molecule has 1 aromatic rings. The van der Waals surface area contributed by atoms with Gasteiger partial charge in [0.25, 0.3) is 5.91 Å². The number of oxime groups is 1. The summed E-state index contributed by atoms with van der Waals surface area (Å²) in [6.45, 7) is 2.47. The van der Waals surface area contributed by atoms with Gasteiger partial charge in [-0.1, -0.05) is 41.3 Å². The Morgan fingerprint density at radius 3 is 2.72 bits per heavy atom. The molecule has 0 aliphatic carbocycles. The average molecular weight is 289 g/mol. The minimum absolute atomic E-state index is 0.126. The van der Waals surface area contributed by atoms with Crippen molar-refractivity contribution in [1.29, 1.82) is 0 Å². The molecule has 0 aliphatic heterocycles. The zero-order valence-electron chi connectivity index (χ0n) is 9.95. The van der Waals surface area contributed by atoms with Crippen molar-refractivity contribution in [1.82, 2.24) is 5.32 Å². The summed E-state index contributed by atoms with van der Waals surface area (Å²) in [6.07, 6.45) is 2.27. The van der Waals surface area contributed by atoms with Crippen LogP contribution < -0.4 is 5.32 Å². The van der Waals surface area contributed by atoms with Gasteiger partial charge in [0, 0.05) is 12.1 Å². The standard InChI is InChI=1S/C12H14Cl2N2O2/c1-2-6-15-12(17)8-18-16-7-9-10(13)4-3-5-11(9)14/h3-5,7H,2,6,8H2,1H3,(H,15,17)/b16-7+. The maximum absolute atomic E-state index is 11.2. The Balaban J connectivity index is 2.43. The van der Waals surface area contributed by atoms with Crippen LogP contribution >= 0.6 is 23.2 Å². The first-order chi connectivity index (χ1) is 8.65. The van der Waals surface area contributed by atoms with E-state index in [4.69, 9.17) is 28.0 Å². The molecule has 0 fully saturated rings. The maximum Gasteiger partial charge on any atom is 0.260 e. The Morgan fingerprint density at radius 2 is 2.11 bits per heavy atom. The highest BCUT2D eigenvalue weighted by Gasteiger charge is 2.03. The molecule has 0 heterocycles. The van der Waals surface area contributed by atoms with E-state index in [1.165, 1.54) is 6.21 Å². The summed E-state index contributed by atoms with van der Waals surface area (Å²) in [5.74, 6) is -0.209. The molecule has 0 unspecified atom stereocenters. The van der Waals surface area contributed by atoms with Crippen LogP contribution in [0.25, 0.3) is 0 Å². The van der Waals surface area contributed by atoms with Gasteiger partial charge in [-0.25, -0.2) is 0 Å². The lowest BCUT2D eigenvalue weighted by Crippen LogP contribution is -2.27. The SMILES string of the molecule is CCCNC(=O)CO/N=C/c1c(Cl)cccc1Cl. The molecule has 0 atom stereocenters. The van der Waals surface area contributed by atoms with E-state index in [9.17, 15) is 4.79 Å². The number of halogens is 2. The van der Waals surface area contributed by atoms with E-state index in [0.717, 1.165) is 6.42 Å². The number of hydrogen-bond acceptors (Lipinski definition) is 3. The summed E-state index contributed by atoms with van der Waals surface area (Å²) >= 11 is 11.9. The van der Waals surface area contributed by atoms with Gasteiger partial charge in [0.05, 0.1) is 16.3 Å². The first-order valence-corrected chi connectivity index (χ1v) is 6.26. The zero-order valence-corrected chi connectivity index (χ0v) is 11.5. The fraction of sp³-hybridized carbons (Fsp3) is 0.333. The number of hydrogen-bond donors (Lipinski definition) is 1. The van der Waals surface area contributed by atoms with Gasteiger partial charge in [0.2, 0.25) is 0 Å². The molecular formula is C12H14Cl2N2O2. The minimum atomic E-state index is -0.209. The zero-order chi connectivity index (χ0) is 13.4. The molecule has 0 saturated heterocycles. The molecule has 18 heavy (non-hydrogen) atoms. The van der Waals surface area contributed by atoms with Crippen LogP contribution in [0.2, 0.25) is 10.0 Å². The highest BCUT2D eigenvalue weighted by atomic mass is 35.5. The molecule has 1 N–H and O–H groups in total. The predicted octanol–water partition coefficient (Wildman–Crippen LogP) is 2.87. The molecule has 1 rings (SSSR count). The fourth-order valence-electron chi connectivity index (χ4n) is 1.14. The van der Waals surface area contributed by atoms with Crippen molar-refractivity contribution in [3.8, 4) is 0 Å². The van der Waals surface area contributed by atoms with Crippen LogP contribution in [0.3, 0.4) is 0 Å². The van der Waals surface area contributed by atoms with E-state index < -0.39 is 0 Å². The third-order valence-electron chi connectivity index (χ3n) is 2.02. The highest BCUT2D eigenvalue weighted by Crippen LogP contribution is 2.22. The average Bonchev–Trinajstić information content (AvgIpc) is 2.35. The monoisotopic (exact) mass is 288 g/mol. The van der Waals surface area contributed by atoms with Crippen LogP contribution in [-0.4, -0.2) is 25.3 Å². The number of amides is 1. The molecule has 0 aromatic heterocycles. The van der Waals surface area contributed by atoms with Crippen molar-refractivity contribution < 1.29 is 9.63 Å². The third kappa shape index (κ3) is 4.94. The summed E-state index contributed by atoms with van der Waals surface area (Å²) < 4.78 is 0. The van der Waals surface area contributed by atoms with Crippen molar-refractivity contribution in [3.63, 3.8) is 0 Å². The molecule has 1 aromatic carbocycles. The molecule has 0 bridgehead atoms. The number of nitrogens with zero attached hydrogens (tertiary/aromatic N) is 1. The number of nitrogens with one attached hydrogen (secondary N) is 1. The summed E-state index contributed by atoms with van der Waals surface area (Å²) in [7, 11) is 0. The van der Waals surface area contributed by atoms with Gasteiger partial charge in [0.1, 0.15) is 0 Å². The Kier molecular flexibility index (Phi) is 6.54. The second kappa shape index (κ2) is 7.95. The van der Waals surface area contributed by atoms with Crippen LogP contribution in [0, 0.1) is 0 Å². The van der Waals surface area contributed by atoms with E-state index in [1.807, 2.05) is 6.92 Å². The van der Waals surface area contributed by atoms with E-state index in [1.54, 1.807) is 18.2 Å². The second-order valence-electron chi connectivity index (χ2n) is 3.49. The van der Waals surface area contributed by atoms with E-state index in [2.05, 4.69) is 10.5 Å². The lowest BCUT2D eigenvalue weighted by molar-refractivity contribution is -0.125. The van der Waals surface area contributed by atoms with Crippen LogP contribution in [-0.2, 0) is 9.63 Å². The Morgan fingerprint density at radius 1 is 1.44 bits per heavy atom. The summed E-state index contributed by atoms with van der Waals surface area (Å²) in [5.41, 5.74) is 0.565. The van der Waals surface area contributed by atoms with Gasteiger partial charge in [-0.2, -0.15) is 0 Å². The van der Waals surface area contributed by atoms with E-state index in [-0.39, 0.29) is 12.5 Å². The lowest BCUT2D eigenvalue weighted by Gasteiger charge is -2.02. The molecular weight excluding hydrogens is 275 g/mol. The van der Waals surface area contributed by atoms with Crippen LogP contribution in [0.15, 0.2) is 23.4 Å². The number of carbonyl (C=O) groups is 1. The minimum Gasteiger partial charge on any atom is -0.386 e. The van der Waals surface area contributed by atoms with Gasteiger partial charge in [0.15, 0.2) is 6.61 Å². The Bertz CT molecular complexity index is 416. The molecule has 4 nitrogen and oxygen atoms in total. The largest absolute Gasteiger partial charge is 0.386 e. The summed E-state index contributed by atoms with van der Waals surface area (Å²) in [4.78, 5) is 16.0. The van der Waals surface area contributed by atoms with Crippen LogP contribution in [0.4, 0.5) is 0 Å². The van der Waals surface area contributed by atoms with Crippen LogP contribution in [0.1, 0.15) is 18.9 Å². The Hall–Kier alpha value is -1.26. The maximum atomic E-state index is 11.2. The molecule has 0 aliphatic rings. The summed E-state index contributed by atoms with van der Waals surface area (Å²) in [6, 6.07) is 5.13. The van der Waals surface area contributed by atoms with Gasteiger partial charge in [-0.3, -0.25) is 4.79 Å². The summed E-state index contributed by atoms with van der Waals surface area (Å²) in [5, 5.41) is 7.27. The van der Waals surface area contributed by atoms with E-state index >= 15 is 0 Å². The highest BCUT2D eigenvalue weighted by molar-refractivity contribution is 6.38. The molecule has 0 radical (unpaired) electrons. The van der Waals surface area contributed by atoms with Gasteiger partial charge in [-0.05, 0) is 18.6 Å². The van der Waals surface area contributed by atoms with Crippen molar-refractivity contribution in [3.05, 3.63) is 33.8 Å². The molecule has 98 valence electrons. The van der Waals surface area contributed by atoms with E-state index in [0.29, 0.717) is 22.2 Å². The van der Waals surface area contributed by atoms with Gasteiger partial charge < -0.3 is 10.2 Å². The normalized spacial score (nSPS) is 10.6. The first kappa shape index (κ1) is 14.8. The molecule has 6 heteroatoms.